The van der Waals surface area contributed by atoms with Crippen molar-refractivity contribution in [3.8, 4) is 0 Å². The largest absolute Gasteiger partial charge is 0.411 e. The van der Waals surface area contributed by atoms with E-state index in [2.05, 4.69) is 5.16 Å². The van der Waals surface area contributed by atoms with Gasteiger partial charge in [0.2, 0.25) is 0 Å². The molecule has 0 aromatic rings. The molecule has 2 N–H and O–H groups in total. The molecule has 3 saturated carbocycles. The van der Waals surface area contributed by atoms with Crippen molar-refractivity contribution in [2.45, 2.75) is 44.1 Å². The summed E-state index contributed by atoms with van der Waals surface area (Å²) in [4.78, 5) is 0. The third-order valence-electron chi connectivity index (χ3n) is 4.61. The standard InChI is InChI=1S/C11H17NO2/c13-11-3-1-2-7-4-9(11)5-8(6-11)10(7)12-14/h7-9,13-14H,1-6H2/b12-10-. The number of hydrogen-bond acceptors (Lipinski definition) is 3. The van der Waals surface area contributed by atoms with Crippen LogP contribution < -0.4 is 0 Å². The summed E-state index contributed by atoms with van der Waals surface area (Å²) in [5, 5.41) is 23.0. The zero-order valence-electron chi connectivity index (χ0n) is 8.32. The Hall–Kier alpha value is -0.570. The molecule has 0 radical (unpaired) electrons. The highest BCUT2D eigenvalue weighted by molar-refractivity contribution is 5.90. The van der Waals surface area contributed by atoms with Crippen LogP contribution in [-0.4, -0.2) is 21.6 Å². The van der Waals surface area contributed by atoms with Crippen molar-refractivity contribution in [3.63, 3.8) is 0 Å². The Morgan fingerprint density at radius 2 is 2.07 bits per heavy atom. The van der Waals surface area contributed by atoms with Gasteiger partial charge >= 0.3 is 0 Å². The molecule has 0 amide bonds. The van der Waals surface area contributed by atoms with E-state index in [1.807, 2.05) is 0 Å². The van der Waals surface area contributed by atoms with E-state index in [0.29, 0.717) is 17.8 Å². The summed E-state index contributed by atoms with van der Waals surface area (Å²) in [6.07, 6.45) is 6.09. The average molecular weight is 195 g/mol. The molecular formula is C11H17NO2. The second-order valence-corrected chi connectivity index (χ2v) is 5.29. The quantitative estimate of drug-likeness (QED) is 0.457. The molecule has 0 aromatic carbocycles. The van der Waals surface area contributed by atoms with Crippen molar-refractivity contribution in [1.82, 2.24) is 0 Å². The molecule has 3 aliphatic carbocycles. The number of oxime groups is 1. The van der Waals surface area contributed by atoms with Crippen LogP contribution >= 0.6 is 0 Å². The lowest BCUT2D eigenvalue weighted by Crippen LogP contribution is -2.32. The molecule has 0 spiro atoms. The molecule has 0 saturated heterocycles. The highest BCUT2D eigenvalue weighted by Crippen LogP contribution is 2.54. The second kappa shape index (κ2) is 2.72. The summed E-state index contributed by atoms with van der Waals surface area (Å²) in [7, 11) is 0. The summed E-state index contributed by atoms with van der Waals surface area (Å²) in [5.74, 6) is 1.31. The molecule has 3 fully saturated rings. The van der Waals surface area contributed by atoms with Crippen molar-refractivity contribution >= 4 is 5.71 Å². The van der Waals surface area contributed by atoms with Crippen LogP contribution in [0.2, 0.25) is 0 Å². The van der Waals surface area contributed by atoms with E-state index in [-0.39, 0.29) is 0 Å². The van der Waals surface area contributed by atoms with Gasteiger partial charge in [0.1, 0.15) is 0 Å². The fraction of sp³-hybridized carbons (Fsp3) is 0.909. The Morgan fingerprint density at radius 1 is 1.29 bits per heavy atom. The van der Waals surface area contributed by atoms with Crippen LogP contribution in [0, 0.1) is 17.8 Å². The summed E-state index contributed by atoms with van der Waals surface area (Å²) in [5.41, 5.74) is 0.558. The van der Waals surface area contributed by atoms with Gasteiger partial charge in [0.25, 0.3) is 0 Å². The molecule has 0 aromatic heterocycles. The molecule has 14 heavy (non-hydrogen) atoms. The van der Waals surface area contributed by atoms with Crippen LogP contribution in [0.25, 0.3) is 0 Å². The van der Waals surface area contributed by atoms with Crippen LogP contribution in [0.15, 0.2) is 5.16 Å². The summed E-state index contributed by atoms with van der Waals surface area (Å²) < 4.78 is 0. The summed E-state index contributed by atoms with van der Waals surface area (Å²) in [6.45, 7) is 0. The van der Waals surface area contributed by atoms with Gasteiger partial charge in [0.05, 0.1) is 11.3 Å². The molecule has 3 rings (SSSR count). The third kappa shape index (κ3) is 0.991. The SMILES string of the molecule is O/N=C1/C2CCCC3(O)CC1CC3C2. The lowest BCUT2D eigenvalue weighted by molar-refractivity contribution is -0.00376. The monoisotopic (exact) mass is 195 g/mol. The maximum atomic E-state index is 10.5. The smallest absolute Gasteiger partial charge is 0.0682 e. The topological polar surface area (TPSA) is 52.8 Å². The minimum absolute atomic E-state index is 0.369. The molecule has 3 nitrogen and oxygen atoms in total. The third-order valence-corrected chi connectivity index (χ3v) is 4.61. The predicted molar refractivity (Wildman–Crippen MR) is 52.3 cm³/mol. The minimum Gasteiger partial charge on any atom is -0.411 e. The number of hydrogen-bond donors (Lipinski definition) is 2. The van der Waals surface area contributed by atoms with Crippen LogP contribution in [0.5, 0.6) is 0 Å². The van der Waals surface area contributed by atoms with E-state index in [9.17, 15) is 5.11 Å². The molecular weight excluding hydrogens is 178 g/mol. The van der Waals surface area contributed by atoms with Gasteiger partial charge in [-0.05, 0) is 44.4 Å². The Morgan fingerprint density at radius 3 is 2.86 bits per heavy atom. The lowest BCUT2D eigenvalue weighted by Gasteiger charge is -2.28. The second-order valence-electron chi connectivity index (χ2n) is 5.29. The van der Waals surface area contributed by atoms with Gasteiger partial charge in [-0.25, -0.2) is 0 Å². The highest BCUT2D eigenvalue weighted by Gasteiger charge is 2.54. The first kappa shape index (κ1) is 8.72. The summed E-state index contributed by atoms with van der Waals surface area (Å²) in [6, 6.07) is 0. The Balaban J connectivity index is 2.01. The number of aliphatic hydroxyl groups is 1. The molecule has 0 aliphatic heterocycles. The first-order valence-corrected chi connectivity index (χ1v) is 5.67. The van der Waals surface area contributed by atoms with Crippen molar-refractivity contribution in [3.05, 3.63) is 0 Å². The number of nitrogens with zero attached hydrogens (tertiary/aromatic N) is 1. The van der Waals surface area contributed by atoms with E-state index in [1.165, 1.54) is 0 Å². The van der Waals surface area contributed by atoms with Crippen LogP contribution in [0.3, 0.4) is 0 Å². The van der Waals surface area contributed by atoms with E-state index in [4.69, 9.17) is 5.21 Å². The van der Waals surface area contributed by atoms with E-state index in [1.54, 1.807) is 0 Å². The maximum absolute atomic E-state index is 10.5. The predicted octanol–water partition coefficient (Wildman–Crippen LogP) is 1.78. The number of rotatable bonds is 0. The zero-order chi connectivity index (χ0) is 9.76. The van der Waals surface area contributed by atoms with Gasteiger partial charge in [-0.2, -0.15) is 0 Å². The molecule has 3 heteroatoms. The van der Waals surface area contributed by atoms with Gasteiger partial charge in [-0.3, -0.25) is 0 Å². The van der Waals surface area contributed by atoms with E-state index >= 15 is 0 Å². The Kier molecular flexibility index (Phi) is 1.69. The van der Waals surface area contributed by atoms with Crippen LogP contribution in [0.1, 0.15) is 38.5 Å². The lowest BCUT2D eigenvalue weighted by atomic mass is 9.78. The van der Waals surface area contributed by atoms with Gasteiger partial charge in [-0.15, -0.1) is 0 Å². The van der Waals surface area contributed by atoms with E-state index in [0.717, 1.165) is 44.2 Å². The maximum Gasteiger partial charge on any atom is 0.0682 e. The molecule has 4 unspecified atom stereocenters. The van der Waals surface area contributed by atoms with Crippen molar-refractivity contribution in [2.75, 3.05) is 0 Å². The Bertz CT molecular complexity index is 285. The summed E-state index contributed by atoms with van der Waals surface area (Å²) >= 11 is 0. The molecule has 3 bridgehead atoms. The fourth-order valence-electron chi connectivity index (χ4n) is 3.97. The van der Waals surface area contributed by atoms with Crippen LogP contribution in [-0.2, 0) is 0 Å². The fourth-order valence-corrected chi connectivity index (χ4v) is 3.97. The van der Waals surface area contributed by atoms with Gasteiger partial charge in [0, 0.05) is 11.8 Å². The molecule has 78 valence electrons. The molecule has 3 aliphatic rings. The zero-order valence-corrected chi connectivity index (χ0v) is 8.32. The molecule has 4 atom stereocenters. The first-order valence-electron chi connectivity index (χ1n) is 5.67. The Labute approximate surface area is 83.8 Å². The average Bonchev–Trinajstić information content (AvgIpc) is 2.33. The first-order chi connectivity index (χ1) is 6.73. The van der Waals surface area contributed by atoms with Gasteiger partial charge in [0.15, 0.2) is 0 Å². The highest BCUT2D eigenvalue weighted by atomic mass is 16.4. The van der Waals surface area contributed by atoms with Gasteiger partial charge < -0.3 is 10.3 Å². The van der Waals surface area contributed by atoms with Crippen molar-refractivity contribution in [1.29, 1.82) is 0 Å². The molecule has 0 heterocycles. The normalized spacial score (nSPS) is 53.8. The van der Waals surface area contributed by atoms with E-state index < -0.39 is 5.60 Å². The van der Waals surface area contributed by atoms with Crippen LogP contribution in [0.4, 0.5) is 0 Å². The van der Waals surface area contributed by atoms with Gasteiger partial charge in [-0.1, -0.05) is 5.16 Å². The van der Waals surface area contributed by atoms with Crippen molar-refractivity contribution in [2.24, 2.45) is 22.9 Å². The number of fused-ring (bicyclic) bond motifs is 2. The van der Waals surface area contributed by atoms with Crippen molar-refractivity contribution < 1.29 is 10.3 Å². The minimum atomic E-state index is -0.425.